The first-order valence-corrected chi connectivity index (χ1v) is 9.89. The van der Waals surface area contributed by atoms with Gasteiger partial charge in [-0.15, -0.1) is 0 Å². The highest BCUT2D eigenvalue weighted by Gasteiger charge is 2.28. The lowest BCUT2D eigenvalue weighted by Gasteiger charge is -2.31. The number of carbonyl (C=O) groups excluding carboxylic acids is 2. The molecule has 4 rings (SSSR count). The number of amides is 2. The maximum absolute atomic E-state index is 12.6. The minimum atomic E-state index is -0.141. The van der Waals surface area contributed by atoms with E-state index in [0.29, 0.717) is 48.9 Å². The molecular formula is C23H22N4O3. The molecular weight excluding hydrogens is 380 g/mol. The van der Waals surface area contributed by atoms with Crippen LogP contribution in [0.1, 0.15) is 23.3 Å². The van der Waals surface area contributed by atoms with E-state index in [2.05, 4.69) is 15.3 Å². The molecule has 0 spiro atoms. The zero-order chi connectivity index (χ0) is 20.8. The summed E-state index contributed by atoms with van der Waals surface area (Å²) in [5.41, 5.74) is 1.05. The Morgan fingerprint density at radius 1 is 0.933 bits per heavy atom. The Balaban J connectivity index is 1.28. The summed E-state index contributed by atoms with van der Waals surface area (Å²) in [5.74, 6) is 0.874. The molecule has 2 amide bonds. The number of carbonyl (C=O) groups is 2. The fourth-order valence-electron chi connectivity index (χ4n) is 3.36. The monoisotopic (exact) mass is 402 g/mol. The van der Waals surface area contributed by atoms with E-state index in [1.807, 2.05) is 30.3 Å². The zero-order valence-corrected chi connectivity index (χ0v) is 16.4. The van der Waals surface area contributed by atoms with Crippen molar-refractivity contribution < 1.29 is 14.3 Å². The fraction of sp³-hybridized carbons (Fsp3) is 0.217. The Hall–Kier alpha value is -3.74. The van der Waals surface area contributed by atoms with Crippen molar-refractivity contribution in [1.29, 1.82) is 0 Å². The van der Waals surface area contributed by atoms with E-state index in [1.54, 1.807) is 47.6 Å². The molecule has 1 saturated heterocycles. The van der Waals surface area contributed by atoms with Gasteiger partial charge in [0.1, 0.15) is 11.4 Å². The van der Waals surface area contributed by atoms with Crippen LogP contribution in [0.25, 0.3) is 0 Å². The van der Waals surface area contributed by atoms with Gasteiger partial charge >= 0.3 is 0 Å². The molecule has 1 N–H and O–H groups in total. The molecule has 0 atom stereocenters. The minimum absolute atomic E-state index is 0.0570. The topological polar surface area (TPSA) is 84.4 Å². The molecule has 0 bridgehead atoms. The van der Waals surface area contributed by atoms with Crippen LogP contribution in [0, 0.1) is 5.92 Å². The largest absolute Gasteiger partial charge is 0.439 e. The third kappa shape index (κ3) is 4.81. The first-order chi connectivity index (χ1) is 14.7. The summed E-state index contributed by atoms with van der Waals surface area (Å²) in [6.45, 7) is 1.07. The van der Waals surface area contributed by atoms with Crippen molar-refractivity contribution in [1.82, 2.24) is 14.9 Å². The highest BCUT2D eigenvalue weighted by Crippen LogP contribution is 2.22. The van der Waals surface area contributed by atoms with E-state index < -0.39 is 0 Å². The molecule has 7 nitrogen and oxygen atoms in total. The van der Waals surface area contributed by atoms with Crippen molar-refractivity contribution in [3.8, 4) is 11.6 Å². The van der Waals surface area contributed by atoms with Crippen LogP contribution >= 0.6 is 0 Å². The van der Waals surface area contributed by atoms with Gasteiger partial charge < -0.3 is 15.0 Å². The molecule has 0 aliphatic carbocycles. The minimum Gasteiger partial charge on any atom is -0.439 e. The Morgan fingerprint density at radius 3 is 2.37 bits per heavy atom. The zero-order valence-electron chi connectivity index (χ0n) is 16.4. The Morgan fingerprint density at radius 2 is 1.70 bits per heavy atom. The van der Waals surface area contributed by atoms with Gasteiger partial charge in [-0.1, -0.05) is 24.3 Å². The van der Waals surface area contributed by atoms with Crippen LogP contribution in [0.15, 0.2) is 73.1 Å². The predicted molar refractivity (Wildman–Crippen MR) is 112 cm³/mol. The number of nitrogens with zero attached hydrogens (tertiary/aromatic N) is 3. The first-order valence-electron chi connectivity index (χ1n) is 9.89. The lowest BCUT2D eigenvalue weighted by atomic mass is 9.95. The molecule has 7 heteroatoms. The van der Waals surface area contributed by atoms with Crippen molar-refractivity contribution in [3.63, 3.8) is 0 Å². The molecule has 1 aliphatic rings. The average Bonchev–Trinajstić information content (AvgIpc) is 2.81. The third-order valence-corrected chi connectivity index (χ3v) is 5.01. The second-order valence-corrected chi connectivity index (χ2v) is 7.07. The molecule has 3 heterocycles. The summed E-state index contributed by atoms with van der Waals surface area (Å²) in [5, 5.41) is 2.91. The number of hydrogen-bond acceptors (Lipinski definition) is 5. The molecule has 2 aromatic heterocycles. The quantitative estimate of drug-likeness (QED) is 0.702. The molecule has 0 radical (unpaired) electrons. The van der Waals surface area contributed by atoms with Gasteiger partial charge in [-0.2, -0.15) is 0 Å². The van der Waals surface area contributed by atoms with Gasteiger partial charge in [-0.3, -0.25) is 14.6 Å². The van der Waals surface area contributed by atoms with E-state index >= 15 is 0 Å². The summed E-state index contributed by atoms with van der Waals surface area (Å²) < 4.78 is 5.66. The van der Waals surface area contributed by atoms with Crippen LogP contribution < -0.4 is 10.1 Å². The summed E-state index contributed by atoms with van der Waals surface area (Å²) in [6, 6.07) is 18.2. The molecule has 1 aromatic carbocycles. The third-order valence-electron chi connectivity index (χ3n) is 5.01. The summed E-state index contributed by atoms with van der Waals surface area (Å²) >= 11 is 0. The van der Waals surface area contributed by atoms with Crippen LogP contribution in [-0.2, 0) is 4.79 Å². The summed E-state index contributed by atoms with van der Waals surface area (Å²) in [6.07, 6.45) is 4.42. The molecule has 1 aliphatic heterocycles. The van der Waals surface area contributed by atoms with Gasteiger partial charge in [0.25, 0.3) is 5.91 Å². The Labute approximate surface area is 174 Å². The normalized spacial score (nSPS) is 14.2. The number of ether oxygens (including phenoxy) is 1. The SMILES string of the molecule is O=C(Nc1ccc(Oc2ccccc2)nc1)C1CCN(C(=O)c2ccccn2)CC1. The van der Waals surface area contributed by atoms with Crippen molar-refractivity contribution in [2.75, 3.05) is 18.4 Å². The van der Waals surface area contributed by atoms with Gasteiger partial charge in [0.15, 0.2) is 0 Å². The molecule has 30 heavy (non-hydrogen) atoms. The van der Waals surface area contributed by atoms with Gasteiger partial charge in [0, 0.05) is 31.3 Å². The van der Waals surface area contributed by atoms with Crippen LogP contribution in [0.2, 0.25) is 0 Å². The number of benzene rings is 1. The first kappa shape index (κ1) is 19.6. The fourth-order valence-corrected chi connectivity index (χ4v) is 3.36. The molecule has 152 valence electrons. The van der Waals surface area contributed by atoms with Crippen molar-refractivity contribution in [3.05, 3.63) is 78.8 Å². The highest BCUT2D eigenvalue weighted by atomic mass is 16.5. The molecule has 1 fully saturated rings. The maximum atomic E-state index is 12.6. The van der Waals surface area contributed by atoms with Crippen molar-refractivity contribution in [2.45, 2.75) is 12.8 Å². The Bertz CT molecular complexity index is 986. The number of para-hydroxylation sites is 1. The molecule has 0 unspecified atom stereocenters. The maximum Gasteiger partial charge on any atom is 0.272 e. The van der Waals surface area contributed by atoms with Crippen LogP contribution in [0.4, 0.5) is 5.69 Å². The summed E-state index contributed by atoms with van der Waals surface area (Å²) in [7, 11) is 0. The lowest BCUT2D eigenvalue weighted by molar-refractivity contribution is -0.121. The number of hydrogen-bond donors (Lipinski definition) is 1. The van der Waals surface area contributed by atoms with Gasteiger partial charge in [-0.05, 0) is 43.2 Å². The van der Waals surface area contributed by atoms with Gasteiger partial charge in [0.05, 0.1) is 11.9 Å². The van der Waals surface area contributed by atoms with Crippen LogP contribution in [-0.4, -0.2) is 39.8 Å². The average molecular weight is 402 g/mol. The van der Waals surface area contributed by atoms with Crippen LogP contribution in [0.3, 0.4) is 0 Å². The molecule has 0 saturated carbocycles. The van der Waals surface area contributed by atoms with Crippen molar-refractivity contribution >= 4 is 17.5 Å². The number of nitrogens with one attached hydrogen (secondary N) is 1. The van der Waals surface area contributed by atoms with E-state index in [-0.39, 0.29) is 17.7 Å². The second-order valence-electron chi connectivity index (χ2n) is 7.07. The van der Waals surface area contributed by atoms with E-state index in [4.69, 9.17) is 4.74 Å². The lowest BCUT2D eigenvalue weighted by Crippen LogP contribution is -2.41. The number of piperidine rings is 1. The number of likely N-dealkylation sites (tertiary alicyclic amines) is 1. The number of pyridine rings is 2. The van der Waals surface area contributed by atoms with Gasteiger partial charge in [0.2, 0.25) is 11.8 Å². The number of aromatic nitrogens is 2. The Kier molecular flexibility index (Phi) is 5.98. The van der Waals surface area contributed by atoms with E-state index in [9.17, 15) is 9.59 Å². The smallest absolute Gasteiger partial charge is 0.272 e. The molecule has 3 aromatic rings. The van der Waals surface area contributed by atoms with Crippen LogP contribution in [0.5, 0.6) is 11.6 Å². The van der Waals surface area contributed by atoms with E-state index in [0.717, 1.165) is 0 Å². The highest BCUT2D eigenvalue weighted by molar-refractivity contribution is 5.94. The van der Waals surface area contributed by atoms with Gasteiger partial charge in [-0.25, -0.2) is 4.98 Å². The predicted octanol–water partition coefficient (Wildman–Crippen LogP) is 3.76. The van der Waals surface area contributed by atoms with E-state index in [1.165, 1.54) is 0 Å². The van der Waals surface area contributed by atoms with Crippen molar-refractivity contribution in [2.24, 2.45) is 5.92 Å². The second kappa shape index (κ2) is 9.17. The summed E-state index contributed by atoms with van der Waals surface area (Å²) in [4.78, 5) is 35.2. The number of rotatable bonds is 5. The number of anilines is 1. The standard InChI is InChI=1S/C23H22N4O3/c28-22(17-11-14-27(15-12-17)23(29)20-8-4-5-13-24-20)26-18-9-10-21(25-16-18)30-19-6-2-1-3-7-19/h1-10,13,16-17H,11-12,14-15H2,(H,26,28).